The molecule has 0 saturated carbocycles. The number of piperazine rings is 1. The fourth-order valence-corrected chi connectivity index (χ4v) is 5.24. The van der Waals surface area contributed by atoms with Gasteiger partial charge in [0.2, 0.25) is 15.9 Å². The number of hydrogen-bond acceptors (Lipinski definition) is 4. The Morgan fingerprint density at radius 3 is 1.93 bits per heavy atom. The van der Waals surface area contributed by atoms with Crippen LogP contribution in [0.15, 0.2) is 65.6 Å². The highest BCUT2D eigenvalue weighted by atomic mass is 32.2. The summed E-state index contributed by atoms with van der Waals surface area (Å²) in [7, 11) is -3.51. The Morgan fingerprint density at radius 2 is 1.41 bits per heavy atom. The van der Waals surface area contributed by atoms with Crippen LogP contribution in [-0.2, 0) is 14.8 Å². The third-order valence-corrected chi connectivity index (χ3v) is 7.36. The lowest BCUT2D eigenvalue weighted by molar-refractivity contribution is -0.137. The third-order valence-electron chi connectivity index (χ3n) is 5.44. The Kier molecular flexibility index (Phi) is 7.05. The van der Waals surface area contributed by atoms with Crippen molar-refractivity contribution in [3.8, 4) is 0 Å². The summed E-state index contributed by atoms with van der Waals surface area (Å²) in [5.74, 6) is 0.0700. The molecule has 1 aliphatic heterocycles. The predicted octanol–water partition coefficient (Wildman–Crippen LogP) is 2.60. The largest absolute Gasteiger partial charge is 0.342 e. The molecule has 3 rings (SSSR count). The minimum Gasteiger partial charge on any atom is -0.342 e. The molecule has 2 aromatic rings. The lowest BCUT2D eigenvalue weighted by atomic mass is 10.0. The van der Waals surface area contributed by atoms with Gasteiger partial charge in [-0.05, 0) is 31.5 Å². The van der Waals surface area contributed by atoms with Crippen molar-refractivity contribution in [3.63, 3.8) is 0 Å². The third kappa shape index (κ3) is 4.69. The number of benzene rings is 2. The first kappa shape index (κ1) is 21.5. The molecule has 6 nitrogen and oxygen atoms in total. The van der Waals surface area contributed by atoms with E-state index in [9.17, 15) is 13.2 Å². The number of hydrogen-bond donors (Lipinski definition) is 0. The van der Waals surface area contributed by atoms with Crippen LogP contribution in [0.2, 0.25) is 0 Å². The summed E-state index contributed by atoms with van der Waals surface area (Å²) in [5.41, 5.74) is 0.948. The molecule has 0 bridgehead atoms. The van der Waals surface area contributed by atoms with Crippen LogP contribution in [0, 0.1) is 0 Å². The van der Waals surface area contributed by atoms with Crippen molar-refractivity contribution in [1.82, 2.24) is 14.1 Å². The van der Waals surface area contributed by atoms with Gasteiger partial charge in [0.15, 0.2) is 0 Å². The van der Waals surface area contributed by atoms with Crippen molar-refractivity contribution in [2.24, 2.45) is 0 Å². The van der Waals surface area contributed by atoms with Crippen LogP contribution >= 0.6 is 0 Å². The van der Waals surface area contributed by atoms with Gasteiger partial charge in [-0.15, -0.1) is 0 Å². The molecule has 0 spiro atoms. The molecule has 0 radical (unpaired) electrons. The molecule has 2 aromatic carbocycles. The molecule has 1 atom stereocenters. The van der Waals surface area contributed by atoms with Gasteiger partial charge >= 0.3 is 0 Å². The second-order valence-electron chi connectivity index (χ2n) is 7.08. The monoisotopic (exact) mass is 415 g/mol. The molecule has 1 amide bonds. The number of sulfonamides is 1. The average molecular weight is 416 g/mol. The van der Waals surface area contributed by atoms with Gasteiger partial charge in [-0.1, -0.05) is 48.5 Å². The highest BCUT2D eigenvalue weighted by molar-refractivity contribution is 7.89. The molecular weight excluding hydrogens is 386 g/mol. The second-order valence-corrected chi connectivity index (χ2v) is 9.01. The average Bonchev–Trinajstić information content (AvgIpc) is 2.76. The molecule has 156 valence electrons. The molecule has 0 unspecified atom stereocenters. The molecule has 1 aliphatic rings. The lowest BCUT2D eigenvalue weighted by Gasteiger charge is -2.39. The van der Waals surface area contributed by atoms with E-state index in [-0.39, 0.29) is 5.91 Å². The zero-order valence-corrected chi connectivity index (χ0v) is 17.9. The topological polar surface area (TPSA) is 60.9 Å². The van der Waals surface area contributed by atoms with Crippen molar-refractivity contribution in [2.45, 2.75) is 24.8 Å². The van der Waals surface area contributed by atoms with Crippen LogP contribution in [0.1, 0.15) is 25.5 Å². The van der Waals surface area contributed by atoms with E-state index >= 15 is 0 Å². The van der Waals surface area contributed by atoms with Crippen LogP contribution in [0.3, 0.4) is 0 Å². The van der Waals surface area contributed by atoms with Crippen LogP contribution < -0.4 is 0 Å². The summed E-state index contributed by atoms with van der Waals surface area (Å²) in [6, 6.07) is 17.9. The molecule has 1 heterocycles. The molecule has 1 saturated heterocycles. The molecule has 7 heteroatoms. The van der Waals surface area contributed by atoms with Crippen LogP contribution in [-0.4, -0.2) is 67.7 Å². The second kappa shape index (κ2) is 9.52. The molecule has 29 heavy (non-hydrogen) atoms. The maximum atomic E-state index is 13.3. The summed E-state index contributed by atoms with van der Waals surface area (Å²) in [4.78, 5) is 17.5. The standard InChI is InChI=1S/C22H29N3O3S/c1-3-23(4-2)22(26)21(19-11-7-5-8-12-19)24-15-17-25(18-16-24)29(27,28)20-13-9-6-10-14-20/h5-14,21H,3-4,15-18H2,1-2H3/t21-/m0/s1. The van der Waals surface area contributed by atoms with Gasteiger partial charge in [0, 0.05) is 39.3 Å². The highest BCUT2D eigenvalue weighted by Crippen LogP contribution is 2.26. The van der Waals surface area contributed by atoms with Crippen LogP contribution in [0.4, 0.5) is 0 Å². The van der Waals surface area contributed by atoms with E-state index in [4.69, 9.17) is 0 Å². The zero-order chi connectivity index (χ0) is 20.9. The fourth-order valence-electron chi connectivity index (χ4n) is 3.80. The Balaban J connectivity index is 1.79. The quantitative estimate of drug-likeness (QED) is 0.697. The number of carbonyl (C=O) groups is 1. The van der Waals surface area contributed by atoms with Gasteiger partial charge in [0.05, 0.1) is 4.90 Å². The van der Waals surface area contributed by atoms with Crippen molar-refractivity contribution in [1.29, 1.82) is 0 Å². The van der Waals surface area contributed by atoms with Crippen molar-refractivity contribution in [2.75, 3.05) is 39.3 Å². The smallest absolute Gasteiger partial charge is 0.244 e. The Labute approximate surface area is 173 Å². The minimum atomic E-state index is -3.51. The van der Waals surface area contributed by atoms with Crippen molar-refractivity contribution in [3.05, 3.63) is 66.2 Å². The summed E-state index contributed by atoms with van der Waals surface area (Å²) < 4.78 is 27.3. The maximum Gasteiger partial charge on any atom is 0.244 e. The summed E-state index contributed by atoms with van der Waals surface area (Å²) in [5, 5.41) is 0. The van der Waals surface area contributed by atoms with E-state index < -0.39 is 16.1 Å². The van der Waals surface area contributed by atoms with E-state index in [0.29, 0.717) is 44.2 Å². The Bertz CT molecular complexity index is 891. The normalized spacial score (nSPS) is 17.0. The number of likely N-dealkylation sites (N-methyl/N-ethyl adjacent to an activating group) is 1. The molecular formula is C22H29N3O3S. The number of rotatable bonds is 7. The van der Waals surface area contributed by atoms with E-state index in [1.54, 1.807) is 30.3 Å². The molecule has 0 N–H and O–H groups in total. The first-order valence-corrected chi connectivity index (χ1v) is 11.6. The first-order valence-electron chi connectivity index (χ1n) is 10.1. The lowest BCUT2D eigenvalue weighted by Crippen LogP contribution is -2.52. The van der Waals surface area contributed by atoms with E-state index in [2.05, 4.69) is 4.90 Å². The highest BCUT2D eigenvalue weighted by Gasteiger charge is 2.35. The van der Waals surface area contributed by atoms with Gasteiger partial charge in [-0.2, -0.15) is 4.31 Å². The Hall–Kier alpha value is -2.22. The first-order chi connectivity index (χ1) is 14.0. The number of carbonyl (C=O) groups excluding carboxylic acids is 1. The van der Waals surface area contributed by atoms with Gasteiger partial charge in [-0.3, -0.25) is 9.69 Å². The molecule has 1 fully saturated rings. The van der Waals surface area contributed by atoms with Gasteiger partial charge in [-0.25, -0.2) is 8.42 Å². The van der Waals surface area contributed by atoms with Crippen molar-refractivity contribution < 1.29 is 13.2 Å². The summed E-state index contributed by atoms with van der Waals surface area (Å²) in [6.45, 7) is 7.03. The molecule has 0 aliphatic carbocycles. The number of amides is 1. The van der Waals surface area contributed by atoms with E-state index in [0.717, 1.165) is 5.56 Å². The van der Waals surface area contributed by atoms with E-state index in [1.807, 2.05) is 49.1 Å². The predicted molar refractivity (Wildman–Crippen MR) is 114 cm³/mol. The van der Waals surface area contributed by atoms with Crippen LogP contribution in [0.5, 0.6) is 0 Å². The Morgan fingerprint density at radius 1 is 0.897 bits per heavy atom. The minimum absolute atomic E-state index is 0.0700. The zero-order valence-electron chi connectivity index (χ0n) is 17.1. The SMILES string of the molecule is CCN(CC)C(=O)[C@H](c1ccccc1)N1CCN(S(=O)(=O)c2ccccc2)CC1. The molecule has 0 aromatic heterocycles. The van der Waals surface area contributed by atoms with Gasteiger partial charge in [0.1, 0.15) is 6.04 Å². The fraction of sp³-hybridized carbons (Fsp3) is 0.409. The van der Waals surface area contributed by atoms with Gasteiger partial charge < -0.3 is 4.90 Å². The van der Waals surface area contributed by atoms with Gasteiger partial charge in [0.25, 0.3) is 0 Å². The summed E-state index contributed by atoms with van der Waals surface area (Å²) >= 11 is 0. The van der Waals surface area contributed by atoms with Crippen molar-refractivity contribution >= 4 is 15.9 Å². The summed E-state index contributed by atoms with van der Waals surface area (Å²) in [6.07, 6.45) is 0. The maximum absolute atomic E-state index is 13.3. The van der Waals surface area contributed by atoms with Crippen LogP contribution in [0.25, 0.3) is 0 Å². The number of nitrogens with zero attached hydrogens (tertiary/aromatic N) is 3. The van der Waals surface area contributed by atoms with E-state index in [1.165, 1.54) is 4.31 Å².